The van der Waals surface area contributed by atoms with Crippen LogP contribution in [0, 0.1) is 0 Å². The summed E-state index contributed by atoms with van der Waals surface area (Å²) < 4.78 is 40.4. The van der Waals surface area contributed by atoms with Crippen molar-refractivity contribution < 1.29 is 27.2 Å². The second-order valence-corrected chi connectivity index (χ2v) is 8.05. The maximum Gasteiger partial charge on any atom is 0.407 e. The first-order valence-corrected chi connectivity index (χ1v) is 11.3. The quantitative estimate of drug-likeness (QED) is 0.209. The smallest absolute Gasteiger partial charge is 0.407 e. The Morgan fingerprint density at radius 2 is 1.70 bits per heavy atom. The Bertz CT molecular complexity index is 532. The third-order valence-electron chi connectivity index (χ3n) is 4.01. The van der Waals surface area contributed by atoms with E-state index in [0.717, 1.165) is 19.3 Å². The summed E-state index contributed by atoms with van der Waals surface area (Å²) in [7, 11) is -4.03. The molecule has 0 heterocycles. The molecule has 0 radical (unpaired) electrons. The van der Waals surface area contributed by atoms with Gasteiger partial charge in [0.15, 0.2) is 6.10 Å². The van der Waals surface area contributed by atoms with E-state index in [2.05, 4.69) is 25.4 Å². The molecular formula is C19H35NO6S. The molecule has 0 bridgehead atoms. The fourth-order valence-corrected chi connectivity index (χ4v) is 3.06. The Kier molecular flexibility index (Phi) is 14.6. The molecule has 0 aromatic carbocycles. The first-order valence-electron chi connectivity index (χ1n) is 9.66. The highest BCUT2D eigenvalue weighted by atomic mass is 32.2. The molecule has 0 fully saturated rings. The number of carbonyl (C=O) groups excluding carboxylic acids is 1. The van der Waals surface area contributed by atoms with Crippen molar-refractivity contribution in [2.75, 3.05) is 12.3 Å². The van der Waals surface area contributed by atoms with Crippen LogP contribution in [0.2, 0.25) is 0 Å². The van der Waals surface area contributed by atoms with Gasteiger partial charge in [-0.3, -0.25) is 4.55 Å². The van der Waals surface area contributed by atoms with Crippen LogP contribution in [-0.4, -0.2) is 37.5 Å². The van der Waals surface area contributed by atoms with Gasteiger partial charge in [0.2, 0.25) is 0 Å². The SMILES string of the molecule is C=COC(=C)C(CCCCCCCCCC)OC(=O)NCCCS(=O)(=O)O. The lowest BCUT2D eigenvalue weighted by Gasteiger charge is -2.19. The van der Waals surface area contributed by atoms with Gasteiger partial charge in [-0.1, -0.05) is 65.0 Å². The van der Waals surface area contributed by atoms with E-state index in [-0.39, 0.29) is 13.0 Å². The summed E-state index contributed by atoms with van der Waals surface area (Å²) in [5.41, 5.74) is 0. The minimum absolute atomic E-state index is 0.0812. The number of hydrogen-bond donors (Lipinski definition) is 2. The van der Waals surface area contributed by atoms with Crippen molar-refractivity contribution in [1.29, 1.82) is 0 Å². The normalized spacial score (nSPS) is 12.2. The molecule has 0 saturated carbocycles. The van der Waals surface area contributed by atoms with Crippen molar-refractivity contribution in [3.63, 3.8) is 0 Å². The number of nitrogens with one attached hydrogen (secondary N) is 1. The van der Waals surface area contributed by atoms with Gasteiger partial charge in [-0.25, -0.2) is 4.79 Å². The lowest BCUT2D eigenvalue weighted by Crippen LogP contribution is -2.31. The summed E-state index contributed by atoms with van der Waals surface area (Å²) in [5, 5.41) is 2.45. The molecule has 0 rings (SSSR count). The summed E-state index contributed by atoms with van der Waals surface area (Å²) in [6.45, 7) is 9.51. The van der Waals surface area contributed by atoms with E-state index < -0.39 is 28.1 Å². The average molecular weight is 406 g/mol. The molecule has 1 amide bonds. The highest BCUT2D eigenvalue weighted by Crippen LogP contribution is 2.17. The number of carbonyl (C=O) groups is 1. The summed E-state index contributed by atoms with van der Waals surface area (Å²) in [6, 6.07) is 0. The van der Waals surface area contributed by atoms with Gasteiger partial charge in [-0.2, -0.15) is 8.42 Å². The summed E-state index contributed by atoms with van der Waals surface area (Å²) in [6.07, 6.45) is 10.0. The number of unbranched alkanes of at least 4 members (excludes halogenated alkanes) is 7. The first-order chi connectivity index (χ1) is 12.8. The van der Waals surface area contributed by atoms with E-state index in [1.165, 1.54) is 38.4 Å². The molecule has 7 nitrogen and oxygen atoms in total. The van der Waals surface area contributed by atoms with E-state index in [1.807, 2.05) is 0 Å². The summed E-state index contributed by atoms with van der Waals surface area (Å²) in [4.78, 5) is 11.9. The molecule has 1 unspecified atom stereocenters. The highest BCUT2D eigenvalue weighted by Gasteiger charge is 2.18. The Morgan fingerprint density at radius 1 is 1.11 bits per heavy atom. The predicted molar refractivity (Wildman–Crippen MR) is 107 cm³/mol. The minimum atomic E-state index is -4.03. The van der Waals surface area contributed by atoms with Crippen LogP contribution in [0.1, 0.15) is 71.1 Å². The fraction of sp³-hybridized carbons (Fsp3) is 0.737. The molecule has 0 aliphatic rings. The van der Waals surface area contributed by atoms with Crippen LogP contribution in [0.25, 0.3) is 0 Å². The predicted octanol–water partition coefficient (Wildman–Crippen LogP) is 4.56. The zero-order valence-corrected chi connectivity index (χ0v) is 17.3. The van der Waals surface area contributed by atoms with Crippen LogP contribution in [0.15, 0.2) is 25.2 Å². The van der Waals surface area contributed by atoms with Crippen LogP contribution < -0.4 is 5.32 Å². The van der Waals surface area contributed by atoms with Crippen LogP contribution in [0.3, 0.4) is 0 Å². The molecule has 0 aromatic rings. The van der Waals surface area contributed by atoms with Gasteiger partial charge >= 0.3 is 6.09 Å². The number of amides is 1. The Hall–Kier alpha value is -1.54. The van der Waals surface area contributed by atoms with E-state index in [4.69, 9.17) is 14.0 Å². The Labute approximate surface area is 163 Å². The molecular weight excluding hydrogens is 370 g/mol. The standard InChI is InChI=1S/C19H35NO6S/c1-4-6-7-8-9-10-11-12-14-18(17(3)25-5-2)26-19(21)20-15-13-16-27(22,23)24/h5,18H,2-4,6-16H2,1H3,(H,20,21)(H,22,23,24). The second-order valence-electron chi connectivity index (χ2n) is 6.47. The van der Waals surface area contributed by atoms with Crippen LogP contribution in [-0.2, 0) is 19.6 Å². The van der Waals surface area contributed by atoms with Gasteiger partial charge in [0, 0.05) is 6.54 Å². The van der Waals surface area contributed by atoms with Crippen molar-refractivity contribution in [3.8, 4) is 0 Å². The zero-order chi connectivity index (χ0) is 20.5. The molecule has 8 heteroatoms. The van der Waals surface area contributed by atoms with Crippen LogP contribution >= 0.6 is 0 Å². The number of hydrogen-bond acceptors (Lipinski definition) is 5. The fourth-order valence-electron chi connectivity index (χ4n) is 2.55. The molecule has 0 saturated heterocycles. The van der Waals surface area contributed by atoms with Crippen molar-refractivity contribution >= 4 is 16.2 Å². The molecule has 0 aliphatic heterocycles. The number of rotatable bonds is 17. The van der Waals surface area contributed by atoms with Crippen LogP contribution in [0.5, 0.6) is 0 Å². The van der Waals surface area contributed by atoms with Crippen molar-refractivity contribution in [2.45, 2.75) is 77.2 Å². The van der Waals surface area contributed by atoms with Gasteiger partial charge in [-0.05, 0) is 19.3 Å². The highest BCUT2D eigenvalue weighted by molar-refractivity contribution is 7.85. The largest absolute Gasteiger partial charge is 0.467 e. The Balaban J connectivity index is 4.14. The van der Waals surface area contributed by atoms with Gasteiger partial charge < -0.3 is 14.8 Å². The average Bonchev–Trinajstić information content (AvgIpc) is 2.59. The maximum absolute atomic E-state index is 11.9. The molecule has 2 N–H and O–H groups in total. The third kappa shape index (κ3) is 16.4. The van der Waals surface area contributed by atoms with Crippen molar-refractivity contribution in [1.82, 2.24) is 5.32 Å². The second kappa shape index (κ2) is 15.5. The van der Waals surface area contributed by atoms with Crippen molar-refractivity contribution in [2.24, 2.45) is 0 Å². The van der Waals surface area contributed by atoms with E-state index >= 15 is 0 Å². The van der Waals surface area contributed by atoms with E-state index in [1.54, 1.807) is 0 Å². The monoisotopic (exact) mass is 405 g/mol. The van der Waals surface area contributed by atoms with Gasteiger partial charge in [0.25, 0.3) is 10.1 Å². The molecule has 158 valence electrons. The molecule has 0 aromatic heterocycles. The molecule has 0 aliphatic carbocycles. The maximum atomic E-state index is 11.9. The lowest BCUT2D eigenvalue weighted by molar-refractivity contribution is 0.0822. The third-order valence-corrected chi connectivity index (χ3v) is 4.82. The number of alkyl carbamates (subject to hydrolysis) is 1. The van der Waals surface area contributed by atoms with Crippen molar-refractivity contribution in [3.05, 3.63) is 25.2 Å². The first kappa shape index (κ1) is 25.5. The zero-order valence-electron chi connectivity index (χ0n) is 16.5. The Morgan fingerprint density at radius 3 is 2.26 bits per heavy atom. The summed E-state index contributed by atoms with van der Waals surface area (Å²) in [5.74, 6) is -0.109. The number of ether oxygens (including phenoxy) is 2. The summed E-state index contributed by atoms with van der Waals surface area (Å²) >= 11 is 0. The van der Waals surface area contributed by atoms with Gasteiger partial charge in [0.1, 0.15) is 5.76 Å². The van der Waals surface area contributed by atoms with E-state index in [0.29, 0.717) is 12.2 Å². The lowest BCUT2D eigenvalue weighted by atomic mass is 10.1. The minimum Gasteiger partial charge on any atom is -0.467 e. The topological polar surface area (TPSA) is 102 Å². The molecule has 0 spiro atoms. The van der Waals surface area contributed by atoms with E-state index in [9.17, 15) is 13.2 Å². The molecule has 27 heavy (non-hydrogen) atoms. The van der Waals surface area contributed by atoms with Crippen LogP contribution in [0.4, 0.5) is 4.79 Å². The molecule has 1 atom stereocenters. The van der Waals surface area contributed by atoms with Gasteiger partial charge in [-0.15, -0.1) is 0 Å². The van der Waals surface area contributed by atoms with Gasteiger partial charge in [0.05, 0.1) is 12.0 Å².